The molecule has 2 rings (SSSR count). The van der Waals surface area contributed by atoms with Crippen LogP contribution in [0.25, 0.3) is 0 Å². The molecule has 0 radical (unpaired) electrons. The lowest BCUT2D eigenvalue weighted by Crippen LogP contribution is -2.20. The summed E-state index contributed by atoms with van der Waals surface area (Å²) < 4.78 is 10.6. The first kappa shape index (κ1) is 13.0. The summed E-state index contributed by atoms with van der Waals surface area (Å²) in [4.78, 5) is 0. The highest BCUT2D eigenvalue weighted by molar-refractivity contribution is 6.32. The SMILES string of the molecule is Cc1ccc(OCCNCc2ccoc2)c(Cl)c1. The molecule has 0 atom stereocenters. The Morgan fingerprint density at radius 1 is 1.33 bits per heavy atom. The summed E-state index contributed by atoms with van der Waals surface area (Å²) in [6.45, 7) is 4.12. The van der Waals surface area contributed by atoms with Crippen LogP contribution < -0.4 is 10.1 Å². The Morgan fingerprint density at radius 2 is 2.22 bits per heavy atom. The van der Waals surface area contributed by atoms with Gasteiger partial charge >= 0.3 is 0 Å². The number of aryl methyl sites for hydroxylation is 1. The van der Waals surface area contributed by atoms with Crippen molar-refractivity contribution in [3.8, 4) is 5.75 Å². The smallest absolute Gasteiger partial charge is 0.137 e. The highest BCUT2D eigenvalue weighted by atomic mass is 35.5. The minimum atomic E-state index is 0.584. The van der Waals surface area contributed by atoms with E-state index in [1.165, 1.54) is 0 Å². The van der Waals surface area contributed by atoms with Crippen molar-refractivity contribution in [3.05, 3.63) is 52.9 Å². The van der Waals surface area contributed by atoms with Gasteiger partial charge in [-0.25, -0.2) is 0 Å². The third kappa shape index (κ3) is 3.79. The van der Waals surface area contributed by atoms with E-state index in [1.54, 1.807) is 12.5 Å². The molecule has 0 amide bonds. The summed E-state index contributed by atoms with van der Waals surface area (Å²) in [5.74, 6) is 0.729. The van der Waals surface area contributed by atoms with Gasteiger partial charge < -0.3 is 14.5 Å². The fourth-order valence-corrected chi connectivity index (χ4v) is 1.87. The number of hydrogen-bond acceptors (Lipinski definition) is 3. The van der Waals surface area contributed by atoms with Crippen molar-refractivity contribution in [2.45, 2.75) is 13.5 Å². The number of nitrogens with one attached hydrogen (secondary N) is 1. The van der Waals surface area contributed by atoms with Crippen LogP contribution in [0.4, 0.5) is 0 Å². The Hall–Kier alpha value is -1.45. The number of hydrogen-bond donors (Lipinski definition) is 1. The standard InChI is InChI=1S/C14H16ClNO2/c1-11-2-3-14(13(15)8-11)18-7-5-16-9-12-4-6-17-10-12/h2-4,6,8,10,16H,5,7,9H2,1H3. The molecule has 0 bridgehead atoms. The highest BCUT2D eigenvalue weighted by Crippen LogP contribution is 2.24. The maximum Gasteiger partial charge on any atom is 0.137 e. The molecule has 0 saturated heterocycles. The van der Waals surface area contributed by atoms with Gasteiger partial charge in [0.25, 0.3) is 0 Å². The average Bonchev–Trinajstić information content (AvgIpc) is 2.84. The minimum absolute atomic E-state index is 0.584. The zero-order valence-electron chi connectivity index (χ0n) is 10.3. The van der Waals surface area contributed by atoms with Crippen molar-refractivity contribution in [1.82, 2.24) is 5.32 Å². The quantitative estimate of drug-likeness (QED) is 0.813. The molecule has 0 aliphatic carbocycles. The molecule has 2 aromatic rings. The fraction of sp³-hybridized carbons (Fsp3) is 0.286. The molecule has 1 aromatic carbocycles. The lowest BCUT2D eigenvalue weighted by atomic mass is 10.2. The van der Waals surface area contributed by atoms with Gasteiger partial charge in [0, 0.05) is 18.7 Å². The molecular formula is C14H16ClNO2. The van der Waals surface area contributed by atoms with E-state index in [-0.39, 0.29) is 0 Å². The van der Waals surface area contributed by atoms with Crippen LogP contribution in [0, 0.1) is 6.92 Å². The molecule has 0 fully saturated rings. The second-order valence-corrected chi connectivity index (χ2v) is 4.50. The van der Waals surface area contributed by atoms with Crippen molar-refractivity contribution in [2.75, 3.05) is 13.2 Å². The third-order valence-electron chi connectivity index (χ3n) is 2.53. The molecule has 4 heteroatoms. The van der Waals surface area contributed by atoms with Gasteiger partial charge in [0.1, 0.15) is 12.4 Å². The maximum absolute atomic E-state index is 6.07. The molecular weight excluding hydrogens is 250 g/mol. The Morgan fingerprint density at radius 3 is 2.94 bits per heavy atom. The van der Waals surface area contributed by atoms with Crippen LogP contribution in [-0.2, 0) is 6.54 Å². The first-order chi connectivity index (χ1) is 8.75. The van der Waals surface area contributed by atoms with Crippen molar-refractivity contribution in [2.24, 2.45) is 0 Å². The molecule has 0 unspecified atom stereocenters. The second-order valence-electron chi connectivity index (χ2n) is 4.09. The number of furan rings is 1. The van der Waals surface area contributed by atoms with E-state index in [1.807, 2.05) is 31.2 Å². The van der Waals surface area contributed by atoms with Crippen LogP contribution in [-0.4, -0.2) is 13.2 Å². The van der Waals surface area contributed by atoms with E-state index in [0.29, 0.717) is 11.6 Å². The highest BCUT2D eigenvalue weighted by Gasteiger charge is 2.01. The summed E-state index contributed by atoms with van der Waals surface area (Å²) in [6, 6.07) is 7.72. The van der Waals surface area contributed by atoms with Gasteiger partial charge in [0.15, 0.2) is 0 Å². The summed E-state index contributed by atoms with van der Waals surface area (Å²) in [5.41, 5.74) is 2.26. The first-order valence-electron chi connectivity index (χ1n) is 5.86. The number of rotatable bonds is 6. The van der Waals surface area contributed by atoms with Crippen molar-refractivity contribution < 1.29 is 9.15 Å². The van der Waals surface area contributed by atoms with Crippen molar-refractivity contribution in [3.63, 3.8) is 0 Å². The summed E-state index contributed by atoms with van der Waals surface area (Å²) in [5, 5.41) is 3.92. The van der Waals surface area contributed by atoms with Gasteiger partial charge in [0.2, 0.25) is 0 Å². The van der Waals surface area contributed by atoms with Crippen molar-refractivity contribution in [1.29, 1.82) is 0 Å². The molecule has 0 aliphatic rings. The topological polar surface area (TPSA) is 34.4 Å². The molecule has 1 aromatic heterocycles. The maximum atomic E-state index is 6.07. The first-order valence-corrected chi connectivity index (χ1v) is 6.24. The van der Waals surface area contributed by atoms with E-state index in [9.17, 15) is 0 Å². The van der Waals surface area contributed by atoms with Crippen LogP contribution >= 0.6 is 11.6 Å². The normalized spacial score (nSPS) is 10.6. The predicted molar refractivity (Wildman–Crippen MR) is 72.1 cm³/mol. The third-order valence-corrected chi connectivity index (χ3v) is 2.83. The Balaban J connectivity index is 1.69. The van der Waals surface area contributed by atoms with Crippen LogP contribution in [0.15, 0.2) is 41.2 Å². The number of benzene rings is 1. The zero-order chi connectivity index (χ0) is 12.8. The van der Waals surface area contributed by atoms with Crippen LogP contribution in [0.1, 0.15) is 11.1 Å². The summed E-state index contributed by atoms with van der Waals surface area (Å²) in [6.07, 6.45) is 3.39. The monoisotopic (exact) mass is 265 g/mol. The lowest BCUT2D eigenvalue weighted by Gasteiger charge is -2.09. The van der Waals surface area contributed by atoms with Gasteiger partial charge in [-0.1, -0.05) is 17.7 Å². The van der Waals surface area contributed by atoms with E-state index in [4.69, 9.17) is 20.8 Å². The Kier molecular flexibility index (Phi) is 4.67. The zero-order valence-corrected chi connectivity index (χ0v) is 11.0. The van der Waals surface area contributed by atoms with E-state index < -0.39 is 0 Å². The second kappa shape index (κ2) is 6.47. The van der Waals surface area contributed by atoms with Crippen LogP contribution in [0.2, 0.25) is 5.02 Å². The molecule has 3 nitrogen and oxygen atoms in total. The summed E-state index contributed by atoms with van der Waals surface area (Å²) in [7, 11) is 0. The van der Waals surface area contributed by atoms with E-state index in [0.717, 1.165) is 30.0 Å². The van der Waals surface area contributed by atoms with Gasteiger partial charge in [-0.3, -0.25) is 0 Å². The van der Waals surface area contributed by atoms with Gasteiger partial charge in [0.05, 0.1) is 17.5 Å². The van der Waals surface area contributed by atoms with Crippen molar-refractivity contribution >= 4 is 11.6 Å². The van der Waals surface area contributed by atoms with Gasteiger partial charge in [-0.15, -0.1) is 0 Å². The minimum Gasteiger partial charge on any atom is -0.491 e. The molecule has 0 spiro atoms. The Labute approximate surface area is 112 Å². The molecule has 1 heterocycles. The molecule has 96 valence electrons. The van der Waals surface area contributed by atoms with E-state index in [2.05, 4.69) is 5.32 Å². The summed E-state index contributed by atoms with van der Waals surface area (Å²) >= 11 is 6.07. The fourth-order valence-electron chi connectivity index (χ4n) is 1.58. The molecule has 0 aliphatic heterocycles. The molecule has 18 heavy (non-hydrogen) atoms. The number of ether oxygens (including phenoxy) is 1. The van der Waals surface area contributed by atoms with E-state index >= 15 is 0 Å². The predicted octanol–water partition coefficient (Wildman–Crippen LogP) is 3.41. The van der Waals surface area contributed by atoms with Gasteiger partial charge in [-0.2, -0.15) is 0 Å². The number of halogens is 1. The lowest BCUT2D eigenvalue weighted by molar-refractivity contribution is 0.313. The Bertz CT molecular complexity index is 483. The molecule has 1 N–H and O–H groups in total. The van der Waals surface area contributed by atoms with Gasteiger partial charge in [-0.05, 0) is 30.7 Å². The molecule has 0 saturated carbocycles. The van der Waals surface area contributed by atoms with Crippen LogP contribution in [0.3, 0.4) is 0 Å². The van der Waals surface area contributed by atoms with Crippen LogP contribution in [0.5, 0.6) is 5.75 Å². The average molecular weight is 266 g/mol. The largest absolute Gasteiger partial charge is 0.491 e.